The fourth-order valence-corrected chi connectivity index (χ4v) is 13.3. The minimum absolute atomic E-state index is 0.00199. The summed E-state index contributed by atoms with van der Waals surface area (Å²) in [6.45, 7) is 3.45. The summed E-state index contributed by atoms with van der Waals surface area (Å²) < 4.78 is 0. The van der Waals surface area contributed by atoms with E-state index >= 15 is 0 Å². The zero-order chi connectivity index (χ0) is 38.6. The topological polar surface area (TPSA) is 98.8 Å². The van der Waals surface area contributed by atoms with Gasteiger partial charge in [0.05, 0.1) is 0 Å². The number of nitrogens with one attached hydrogen (secondary N) is 2. The number of hydrogen-bond acceptors (Lipinski definition) is 4. The standard InChI is InChI=1S/C47H72N4O4/c1-4-5-6-11-33-16-34(12-7-9-14-48-42(52)25-44(54)50(2)46-27-36-19-37(28-46)21-38(20-36)29-46)18-35(17-33)13-8-10-15-49-43(53)26-45(55)51(3)47-30-39-22-40(31-47)24-41(23-39)32-47/h16-18,36-41H,4-15,19-32H2,1-3H3,(H,48,52)(H,49,53). The van der Waals surface area contributed by atoms with Crippen molar-refractivity contribution < 1.29 is 19.2 Å². The van der Waals surface area contributed by atoms with Gasteiger partial charge in [-0.1, -0.05) is 38.0 Å². The summed E-state index contributed by atoms with van der Waals surface area (Å²) in [6, 6.07) is 7.08. The Morgan fingerprint density at radius 3 is 1.15 bits per heavy atom. The van der Waals surface area contributed by atoms with Crippen LogP contribution >= 0.6 is 0 Å². The van der Waals surface area contributed by atoms with Crippen LogP contribution in [0.1, 0.15) is 158 Å². The van der Waals surface area contributed by atoms with Crippen molar-refractivity contribution in [3.8, 4) is 0 Å². The van der Waals surface area contributed by atoms with Crippen molar-refractivity contribution in [2.45, 2.75) is 172 Å². The van der Waals surface area contributed by atoms with Gasteiger partial charge in [0.1, 0.15) is 12.8 Å². The lowest BCUT2D eigenvalue weighted by Crippen LogP contribution is -2.60. The number of carbonyl (C=O) groups is 4. The zero-order valence-corrected chi connectivity index (χ0v) is 34.6. The minimum atomic E-state index is -0.144. The summed E-state index contributed by atoms with van der Waals surface area (Å²) in [6.07, 6.45) is 25.2. The lowest BCUT2D eigenvalue weighted by atomic mass is 9.52. The molecule has 8 nitrogen and oxygen atoms in total. The van der Waals surface area contributed by atoms with E-state index in [0.717, 1.165) is 119 Å². The smallest absolute Gasteiger partial charge is 0.232 e. The molecule has 8 fully saturated rings. The Balaban J connectivity index is 0.798. The lowest BCUT2D eigenvalue weighted by Gasteiger charge is -2.59. The van der Waals surface area contributed by atoms with Gasteiger partial charge in [0, 0.05) is 38.3 Å². The van der Waals surface area contributed by atoms with E-state index in [0.29, 0.717) is 13.1 Å². The molecular weight excluding hydrogens is 685 g/mol. The molecule has 0 radical (unpaired) electrons. The number of rotatable bonds is 20. The molecule has 2 N–H and O–H groups in total. The van der Waals surface area contributed by atoms with E-state index in [9.17, 15) is 19.2 Å². The van der Waals surface area contributed by atoms with Crippen molar-refractivity contribution in [3.63, 3.8) is 0 Å². The number of benzene rings is 1. The Morgan fingerprint density at radius 1 is 0.527 bits per heavy atom. The molecule has 0 unspecified atom stereocenters. The van der Waals surface area contributed by atoms with Crippen molar-refractivity contribution in [3.05, 3.63) is 34.9 Å². The minimum Gasteiger partial charge on any atom is -0.356 e. The fourth-order valence-electron chi connectivity index (χ4n) is 13.3. The SMILES string of the molecule is CCCCCc1cc(CCCCNC(=O)CC(=O)N(C)C23CC4CC(CC(C4)C2)C3)cc(CCCCNC(=O)CC(=O)N(C)C23CC4CC(CC(C4)C2)C3)c1. The summed E-state index contributed by atoms with van der Waals surface area (Å²) in [7, 11) is 3.91. The zero-order valence-electron chi connectivity index (χ0n) is 34.6. The molecule has 8 aliphatic carbocycles. The second kappa shape index (κ2) is 17.7. The van der Waals surface area contributed by atoms with Gasteiger partial charge in [0.25, 0.3) is 0 Å². The maximum atomic E-state index is 13.2. The molecule has 0 heterocycles. The van der Waals surface area contributed by atoms with Gasteiger partial charge in [-0.25, -0.2) is 0 Å². The Bertz CT molecular complexity index is 1360. The third-order valence-electron chi connectivity index (χ3n) is 15.4. The molecule has 4 amide bonds. The monoisotopic (exact) mass is 757 g/mol. The van der Waals surface area contributed by atoms with Crippen molar-refractivity contribution in [2.75, 3.05) is 27.2 Å². The van der Waals surface area contributed by atoms with Gasteiger partial charge in [-0.3, -0.25) is 19.2 Å². The number of amides is 4. The summed E-state index contributed by atoms with van der Waals surface area (Å²) in [5.74, 6) is 4.32. The number of carbonyl (C=O) groups excluding carboxylic acids is 4. The quantitative estimate of drug-likeness (QED) is 0.104. The van der Waals surface area contributed by atoms with Crippen molar-refractivity contribution in [2.24, 2.45) is 35.5 Å². The second-order valence-electron chi connectivity index (χ2n) is 19.8. The van der Waals surface area contributed by atoms with Gasteiger partial charge in [-0.05, 0) is 181 Å². The lowest BCUT2D eigenvalue weighted by molar-refractivity contribution is -0.150. The van der Waals surface area contributed by atoms with E-state index in [1.54, 1.807) is 0 Å². The van der Waals surface area contributed by atoms with Crippen LogP contribution in [-0.2, 0) is 38.4 Å². The average Bonchev–Trinajstić information content (AvgIpc) is 3.13. The highest BCUT2D eigenvalue weighted by molar-refractivity contribution is 5.97. The molecule has 1 aromatic carbocycles. The summed E-state index contributed by atoms with van der Waals surface area (Å²) in [5, 5.41) is 6.08. The van der Waals surface area contributed by atoms with Gasteiger partial charge in [0.2, 0.25) is 23.6 Å². The molecule has 8 heteroatoms. The van der Waals surface area contributed by atoms with Crippen LogP contribution in [0.5, 0.6) is 0 Å². The molecule has 8 saturated carbocycles. The first-order chi connectivity index (χ1) is 26.5. The van der Waals surface area contributed by atoms with Crippen molar-refractivity contribution in [1.29, 1.82) is 0 Å². The number of aryl methyl sites for hydroxylation is 3. The molecule has 304 valence electrons. The predicted molar refractivity (Wildman–Crippen MR) is 218 cm³/mol. The molecule has 0 spiro atoms. The van der Waals surface area contributed by atoms with E-state index in [4.69, 9.17) is 0 Å². The highest BCUT2D eigenvalue weighted by Crippen LogP contribution is 2.58. The third kappa shape index (κ3) is 9.80. The third-order valence-corrected chi connectivity index (χ3v) is 15.4. The number of nitrogens with zero attached hydrogens (tertiary/aromatic N) is 2. The van der Waals surface area contributed by atoms with Crippen LogP contribution in [0.25, 0.3) is 0 Å². The molecule has 1 aromatic rings. The van der Waals surface area contributed by atoms with E-state index in [2.05, 4.69) is 35.8 Å². The van der Waals surface area contributed by atoms with Gasteiger partial charge in [-0.2, -0.15) is 0 Å². The Labute approximate surface area is 332 Å². The highest BCUT2D eigenvalue weighted by Gasteiger charge is 2.55. The summed E-state index contributed by atoms with van der Waals surface area (Å²) in [5.41, 5.74) is 4.12. The molecule has 55 heavy (non-hydrogen) atoms. The van der Waals surface area contributed by atoms with Crippen LogP contribution in [-0.4, -0.2) is 71.7 Å². The molecule has 0 aliphatic heterocycles. The van der Waals surface area contributed by atoms with Crippen LogP contribution in [0.2, 0.25) is 0 Å². The number of unbranched alkanes of at least 4 members (excludes halogenated alkanes) is 4. The van der Waals surface area contributed by atoms with Crippen LogP contribution in [0.3, 0.4) is 0 Å². The maximum Gasteiger partial charge on any atom is 0.232 e. The first kappa shape index (κ1) is 40.3. The van der Waals surface area contributed by atoms with Crippen molar-refractivity contribution in [1.82, 2.24) is 20.4 Å². The van der Waals surface area contributed by atoms with E-state index in [1.807, 2.05) is 23.9 Å². The average molecular weight is 757 g/mol. The largest absolute Gasteiger partial charge is 0.356 e. The van der Waals surface area contributed by atoms with Crippen LogP contribution in [0.15, 0.2) is 18.2 Å². The normalized spacial score (nSPS) is 31.0. The number of hydrogen-bond donors (Lipinski definition) is 2. The van der Waals surface area contributed by atoms with Gasteiger partial charge >= 0.3 is 0 Å². The summed E-state index contributed by atoms with van der Waals surface area (Å²) >= 11 is 0. The van der Waals surface area contributed by atoms with Gasteiger partial charge in [-0.15, -0.1) is 0 Å². The molecule has 8 bridgehead atoms. The van der Waals surface area contributed by atoms with Crippen LogP contribution in [0.4, 0.5) is 0 Å². The van der Waals surface area contributed by atoms with E-state index in [-0.39, 0.29) is 47.5 Å². The first-order valence-electron chi connectivity index (χ1n) is 22.7. The molecular formula is C47H72N4O4. The predicted octanol–water partition coefficient (Wildman–Crippen LogP) is 7.93. The Hall–Kier alpha value is -2.90. The van der Waals surface area contributed by atoms with E-state index < -0.39 is 0 Å². The van der Waals surface area contributed by atoms with Crippen molar-refractivity contribution >= 4 is 23.6 Å². The summed E-state index contributed by atoms with van der Waals surface area (Å²) in [4.78, 5) is 56.0. The Morgan fingerprint density at radius 2 is 0.836 bits per heavy atom. The molecule has 9 rings (SSSR count). The highest BCUT2D eigenvalue weighted by atomic mass is 16.2. The van der Waals surface area contributed by atoms with Gasteiger partial charge in [0.15, 0.2) is 0 Å². The van der Waals surface area contributed by atoms with Crippen LogP contribution in [0, 0.1) is 35.5 Å². The molecule has 0 saturated heterocycles. The Kier molecular flexibility index (Phi) is 13.0. The van der Waals surface area contributed by atoms with Gasteiger partial charge < -0.3 is 20.4 Å². The second-order valence-corrected chi connectivity index (χ2v) is 19.8. The van der Waals surface area contributed by atoms with E-state index in [1.165, 1.54) is 74.5 Å². The first-order valence-corrected chi connectivity index (χ1v) is 22.7. The van der Waals surface area contributed by atoms with Crippen LogP contribution < -0.4 is 10.6 Å². The molecule has 0 atom stereocenters. The maximum absolute atomic E-state index is 13.2. The molecule has 8 aliphatic rings. The fraction of sp³-hybridized carbons (Fsp3) is 0.787. The molecule has 0 aromatic heterocycles.